The second kappa shape index (κ2) is 8.44. The SMILES string of the molecule is Cc1cc(C)cc(NC(=O)Nc2ccc(Oc3cc(-n4ccnc4)ncn3)cc2)c1. The van der Waals surface area contributed by atoms with Gasteiger partial charge in [-0.25, -0.2) is 19.7 Å². The first-order valence-corrected chi connectivity index (χ1v) is 9.30. The van der Waals surface area contributed by atoms with Gasteiger partial charge in [-0.05, 0) is 61.4 Å². The van der Waals surface area contributed by atoms with Gasteiger partial charge in [0.05, 0.1) is 0 Å². The molecule has 8 nitrogen and oxygen atoms in total. The molecule has 0 fully saturated rings. The Hall–Kier alpha value is -4.20. The van der Waals surface area contributed by atoms with E-state index in [1.54, 1.807) is 53.6 Å². The number of benzene rings is 2. The Morgan fingerprint density at radius 1 is 0.933 bits per heavy atom. The second-order valence-corrected chi connectivity index (χ2v) is 6.77. The molecule has 4 aromatic rings. The van der Waals surface area contributed by atoms with E-state index in [0.29, 0.717) is 23.1 Å². The third kappa shape index (κ3) is 4.79. The van der Waals surface area contributed by atoms with Gasteiger partial charge < -0.3 is 15.4 Å². The van der Waals surface area contributed by atoms with E-state index in [4.69, 9.17) is 4.74 Å². The van der Waals surface area contributed by atoms with Crippen LogP contribution in [0, 0.1) is 13.8 Å². The van der Waals surface area contributed by atoms with Crippen molar-refractivity contribution < 1.29 is 9.53 Å². The number of nitrogens with zero attached hydrogens (tertiary/aromatic N) is 4. The zero-order valence-corrected chi connectivity index (χ0v) is 16.5. The Morgan fingerprint density at radius 3 is 2.37 bits per heavy atom. The lowest BCUT2D eigenvalue weighted by Gasteiger charge is -2.10. The normalized spacial score (nSPS) is 10.5. The summed E-state index contributed by atoms with van der Waals surface area (Å²) in [6, 6.07) is 14.3. The van der Waals surface area contributed by atoms with Gasteiger partial charge >= 0.3 is 6.03 Å². The average Bonchev–Trinajstić information content (AvgIpc) is 3.24. The van der Waals surface area contributed by atoms with Gasteiger partial charge in [0.25, 0.3) is 0 Å². The zero-order valence-electron chi connectivity index (χ0n) is 16.5. The van der Waals surface area contributed by atoms with Crippen molar-refractivity contribution in [3.05, 3.63) is 84.7 Å². The lowest BCUT2D eigenvalue weighted by molar-refractivity contribution is 0.262. The summed E-state index contributed by atoms with van der Waals surface area (Å²) < 4.78 is 7.55. The Morgan fingerprint density at radius 2 is 1.67 bits per heavy atom. The molecule has 2 heterocycles. The number of amides is 2. The minimum Gasteiger partial charge on any atom is -0.439 e. The van der Waals surface area contributed by atoms with Crippen LogP contribution < -0.4 is 15.4 Å². The molecular weight excluding hydrogens is 380 g/mol. The van der Waals surface area contributed by atoms with Crippen molar-refractivity contribution in [2.75, 3.05) is 10.6 Å². The number of carbonyl (C=O) groups is 1. The van der Waals surface area contributed by atoms with Crippen molar-refractivity contribution in [2.24, 2.45) is 0 Å². The van der Waals surface area contributed by atoms with Gasteiger partial charge in [-0.2, -0.15) is 0 Å². The minimum absolute atomic E-state index is 0.311. The van der Waals surface area contributed by atoms with Crippen LogP contribution in [0.25, 0.3) is 5.82 Å². The third-order valence-electron chi connectivity index (χ3n) is 4.21. The standard InChI is InChI=1S/C22H20N6O2/c1-15-9-16(2)11-18(10-15)27-22(29)26-17-3-5-19(6-4-17)30-21-12-20(24-13-25-21)28-8-7-23-14-28/h3-14H,1-2H3,(H2,26,27,29). The summed E-state index contributed by atoms with van der Waals surface area (Å²) in [6.07, 6.45) is 6.54. The molecule has 30 heavy (non-hydrogen) atoms. The first kappa shape index (κ1) is 19.1. The summed E-state index contributed by atoms with van der Waals surface area (Å²) >= 11 is 0. The van der Waals surface area contributed by atoms with Gasteiger partial charge in [0, 0.05) is 29.8 Å². The quantitative estimate of drug-likeness (QED) is 0.506. The number of anilines is 2. The number of aryl methyl sites for hydroxylation is 2. The number of nitrogens with one attached hydrogen (secondary N) is 2. The minimum atomic E-state index is -0.311. The molecule has 8 heteroatoms. The summed E-state index contributed by atoms with van der Waals surface area (Å²) in [6.45, 7) is 3.98. The van der Waals surface area contributed by atoms with E-state index in [2.05, 4.69) is 31.7 Å². The molecule has 0 saturated heterocycles. The maximum absolute atomic E-state index is 12.3. The van der Waals surface area contributed by atoms with Gasteiger partial charge in [0.1, 0.15) is 24.2 Å². The molecule has 2 amide bonds. The van der Waals surface area contributed by atoms with Crippen LogP contribution in [-0.4, -0.2) is 25.6 Å². The molecule has 0 radical (unpaired) electrons. The first-order valence-electron chi connectivity index (χ1n) is 9.30. The Balaban J connectivity index is 1.38. The molecular formula is C22H20N6O2. The predicted octanol–water partition coefficient (Wildman–Crippen LogP) is 4.72. The van der Waals surface area contributed by atoms with Crippen molar-refractivity contribution in [1.82, 2.24) is 19.5 Å². The average molecular weight is 400 g/mol. The van der Waals surface area contributed by atoms with Gasteiger partial charge in [-0.1, -0.05) is 6.07 Å². The Labute approximate surface area is 173 Å². The molecule has 0 saturated carbocycles. The number of urea groups is 1. The summed E-state index contributed by atoms with van der Waals surface area (Å²) in [7, 11) is 0. The second-order valence-electron chi connectivity index (χ2n) is 6.77. The van der Waals surface area contributed by atoms with Crippen molar-refractivity contribution >= 4 is 17.4 Å². The fourth-order valence-electron chi connectivity index (χ4n) is 2.99. The lowest BCUT2D eigenvalue weighted by atomic mass is 10.1. The van der Waals surface area contributed by atoms with Gasteiger partial charge in [0.2, 0.25) is 5.88 Å². The number of carbonyl (C=O) groups excluding carboxylic acids is 1. The summed E-state index contributed by atoms with van der Waals surface area (Å²) in [5, 5.41) is 5.65. The van der Waals surface area contributed by atoms with Crippen molar-refractivity contribution in [1.29, 1.82) is 0 Å². The molecule has 0 spiro atoms. The molecule has 2 N–H and O–H groups in total. The summed E-state index contributed by atoms with van der Waals surface area (Å²) in [4.78, 5) is 24.6. The van der Waals surface area contributed by atoms with Crippen LogP contribution in [0.15, 0.2) is 73.6 Å². The largest absolute Gasteiger partial charge is 0.439 e. The maximum atomic E-state index is 12.3. The number of aromatic nitrogens is 4. The third-order valence-corrected chi connectivity index (χ3v) is 4.21. The van der Waals surface area contributed by atoms with Gasteiger partial charge in [-0.15, -0.1) is 0 Å². The van der Waals surface area contributed by atoms with Crippen LogP contribution >= 0.6 is 0 Å². The van der Waals surface area contributed by atoms with Crippen LogP contribution in [-0.2, 0) is 0 Å². The van der Waals surface area contributed by atoms with Gasteiger partial charge in [0.15, 0.2) is 0 Å². The number of ether oxygens (including phenoxy) is 1. The zero-order chi connectivity index (χ0) is 20.9. The summed E-state index contributed by atoms with van der Waals surface area (Å²) in [5.74, 6) is 1.64. The van der Waals surface area contributed by atoms with E-state index in [1.165, 1.54) is 6.33 Å². The highest BCUT2D eigenvalue weighted by Gasteiger charge is 2.06. The molecule has 4 rings (SSSR count). The van der Waals surface area contributed by atoms with E-state index in [0.717, 1.165) is 16.8 Å². The lowest BCUT2D eigenvalue weighted by Crippen LogP contribution is -2.19. The van der Waals surface area contributed by atoms with E-state index < -0.39 is 0 Å². The first-order chi connectivity index (χ1) is 14.5. The molecule has 0 unspecified atom stereocenters. The highest BCUT2D eigenvalue weighted by molar-refractivity contribution is 5.99. The topological polar surface area (TPSA) is 94.0 Å². The number of imidazole rings is 1. The van der Waals surface area contributed by atoms with Crippen molar-refractivity contribution in [3.63, 3.8) is 0 Å². The number of hydrogen-bond acceptors (Lipinski definition) is 5. The predicted molar refractivity (Wildman–Crippen MR) is 114 cm³/mol. The molecule has 2 aromatic heterocycles. The fourth-order valence-corrected chi connectivity index (χ4v) is 2.99. The number of rotatable bonds is 5. The van der Waals surface area contributed by atoms with E-state index in [9.17, 15) is 4.79 Å². The van der Waals surface area contributed by atoms with Crippen LogP contribution in [0.4, 0.5) is 16.2 Å². The monoisotopic (exact) mass is 400 g/mol. The molecule has 0 aliphatic heterocycles. The molecule has 0 aliphatic carbocycles. The van der Waals surface area contributed by atoms with Crippen molar-refractivity contribution in [3.8, 4) is 17.4 Å². The fraction of sp³-hybridized carbons (Fsp3) is 0.0909. The molecule has 2 aromatic carbocycles. The van der Waals surface area contributed by atoms with E-state index >= 15 is 0 Å². The van der Waals surface area contributed by atoms with Crippen LogP contribution in [0.3, 0.4) is 0 Å². The van der Waals surface area contributed by atoms with Crippen LogP contribution in [0.5, 0.6) is 11.6 Å². The summed E-state index contributed by atoms with van der Waals surface area (Å²) in [5.41, 5.74) is 3.58. The molecule has 0 atom stereocenters. The van der Waals surface area contributed by atoms with Gasteiger partial charge in [-0.3, -0.25) is 4.57 Å². The highest BCUT2D eigenvalue weighted by Crippen LogP contribution is 2.22. The smallest absolute Gasteiger partial charge is 0.323 e. The van der Waals surface area contributed by atoms with E-state index in [1.807, 2.05) is 26.0 Å². The molecule has 150 valence electrons. The highest BCUT2D eigenvalue weighted by atomic mass is 16.5. The Kier molecular flexibility index (Phi) is 5.38. The number of hydrogen-bond donors (Lipinski definition) is 2. The van der Waals surface area contributed by atoms with Crippen LogP contribution in [0.1, 0.15) is 11.1 Å². The molecule has 0 bridgehead atoms. The van der Waals surface area contributed by atoms with Crippen molar-refractivity contribution in [2.45, 2.75) is 13.8 Å². The molecule has 0 aliphatic rings. The Bertz CT molecular complexity index is 1140. The van der Waals surface area contributed by atoms with Crippen LogP contribution in [0.2, 0.25) is 0 Å². The van der Waals surface area contributed by atoms with E-state index in [-0.39, 0.29) is 6.03 Å². The maximum Gasteiger partial charge on any atom is 0.323 e.